The van der Waals surface area contributed by atoms with Crippen molar-refractivity contribution in [2.24, 2.45) is 0 Å². The molecule has 2 heterocycles. The maximum Gasteiger partial charge on any atom is 0.143 e. The van der Waals surface area contributed by atoms with Gasteiger partial charge in [0.2, 0.25) is 0 Å². The van der Waals surface area contributed by atoms with Crippen molar-refractivity contribution in [2.75, 3.05) is 0 Å². The van der Waals surface area contributed by atoms with Crippen LogP contribution < -0.4 is 0 Å². The van der Waals surface area contributed by atoms with Crippen LogP contribution in [0, 0.1) is 6.92 Å². The Morgan fingerprint density at radius 2 is 2.06 bits per heavy atom. The van der Waals surface area contributed by atoms with Gasteiger partial charge in [-0.1, -0.05) is 25.4 Å². The molecule has 84 valence electrons. The van der Waals surface area contributed by atoms with E-state index in [-0.39, 0.29) is 5.92 Å². The molecule has 0 unspecified atom stereocenters. The molecule has 0 N–H and O–H groups in total. The number of hydrogen-bond donors (Lipinski definition) is 0. The van der Waals surface area contributed by atoms with Gasteiger partial charge in [0.15, 0.2) is 0 Å². The van der Waals surface area contributed by atoms with E-state index in [1.165, 1.54) is 0 Å². The molecule has 0 saturated heterocycles. The van der Waals surface area contributed by atoms with Crippen LogP contribution >= 0.6 is 11.6 Å². The second-order valence-electron chi connectivity index (χ2n) is 3.91. The lowest BCUT2D eigenvalue weighted by atomic mass is 10.2. The molecule has 2 rings (SSSR count). The molecule has 0 bridgehead atoms. The first kappa shape index (κ1) is 11.1. The zero-order chi connectivity index (χ0) is 11.7. The fourth-order valence-corrected chi connectivity index (χ4v) is 1.61. The Kier molecular flexibility index (Phi) is 2.92. The summed E-state index contributed by atoms with van der Waals surface area (Å²) in [6.07, 6.45) is 3.60. The monoisotopic (exact) mass is 236 g/mol. The molecule has 2 aromatic rings. The van der Waals surface area contributed by atoms with E-state index in [9.17, 15) is 0 Å². The predicted molar refractivity (Wildman–Crippen MR) is 63.0 cm³/mol. The summed E-state index contributed by atoms with van der Waals surface area (Å²) in [5, 5.41) is 0.460. The lowest BCUT2D eigenvalue weighted by Gasteiger charge is -2.08. The third-order valence-corrected chi connectivity index (χ3v) is 2.48. The van der Waals surface area contributed by atoms with Gasteiger partial charge in [-0.15, -0.1) is 0 Å². The molecule has 5 heteroatoms. The van der Waals surface area contributed by atoms with Gasteiger partial charge >= 0.3 is 0 Å². The Labute approximate surface area is 99.3 Å². The van der Waals surface area contributed by atoms with Crippen LogP contribution in [0.2, 0.25) is 5.15 Å². The van der Waals surface area contributed by atoms with Crippen LogP contribution in [0.3, 0.4) is 0 Å². The average molecular weight is 237 g/mol. The maximum absolute atomic E-state index is 5.98. The van der Waals surface area contributed by atoms with Crippen LogP contribution in [0.15, 0.2) is 18.5 Å². The summed E-state index contributed by atoms with van der Waals surface area (Å²) in [6, 6.07) is 1.74. The highest BCUT2D eigenvalue weighted by molar-refractivity contribution is 6.29. The van der Waals surface area contributed by atoms with Crippen molar-refractivity contribution in [3.05, 3.63) is 35.3 Å². The first-order chi connectivity index (χ1) is 7.58. The van der Waals surface area contributed by atoms with E-state index in [0.29, 0.717) is 5.15 Å². The normalized spacial score (nSPS) is 11.1. The minimum atomic E-state index is 0.251. The largest absolute Gasteiger partial charge is 0.288 e. The molecule has 0 aliphatic heterocycles. The van der Waals surface area contributed by atoms with E-state index in [4.69, 9.17) is 11.6 Å². The Balaban J connectivity index is 2.54. The SMILES string of the molecule is Cc1nccn1-c1cc(Cl)nc(C(C)C)n1. The smallest absolute Gasteiger partial charge is 0.143 e. The number of halogens is 1. The second kappa shape index (κ2) is 4.22. The third kappa shape index (κ3) is 2.07. The zero-order valence-corrected chi connectivity index (χ0v) is 10.2. The summed E-state index contributed by atoms with van der Waals surface area (Å²) >= 11 is 5.98. The van der Waals surface area contributed by atoms with Crippen molar-refractivity contribution in [2.45, 2.75) is 26.7 Å². The van der Waals surface area contributed by atoms with Gasteiger partial charge in [-0.25, -0.2) is 15.0 Å². The first-order valence-corrected chi connectivity index (χ1v) is 5.50. The Morgan fingerprint density at radius 3 is 2.62 bits per heavy atom. The van der Waals surface area contributed by atoms with Gasteiger partial charge < -0.3 is 0 Å². The van der Waals surface area contributed by atoms with E-state index >= 15 is 0 Å². The molecular formula is C11H13ClN4. The molecular weight excluding hydrogens is 224 g/mol. The molecule has 0 spiro atoms. The quantitative estimate of drug-likeness (QED) is 0.753. The van der Waals surface area contributed by atoms with Gasteiger partial charge in [0.25, 0.3) is 0 Å². The van der Waals surface area contributed by atoms with Crippen LogP contribution in [-0.4, -0.2) is 19.5 Å². The first-order valence-electron chi connectivity index (χ1n) is 5.12. The number of aromatic nitrogens is 4. The lowest BCUT2D eigenvalue weighted by Crippen LogP contribution is -2.05. The highest BCUT2D eigenvalue weighted by Crippen LogP contribution is 2.17. The van der Waals surface area contributed by atoms with Crippen molar-refractivity contribution >= 4 is 11.6 Å². The van der Waals surface area contributed by atoms with E-state index in [1.54, 1.807) is 12.3 Å². The van der Waals surface area contributed by atoms with Gasteiger partial charge in [0.05, 0.1) is 0 Å². The van der Waals surface area contributed by atoms with Crippen LogP contribution in [-0.2, 0) is 0 Å². The Bertz CT molecular complexity index is 504. The summed E-state index contributed by atoms with van der Waals surface area (Å²) in [5.74, 6) is 2.64. The highest BCUT2D eigenvalue weighted by atomic mass is 35.5. The van der Waals surface area contributed by atoms with Gasteiger partial charge in [0, 0.05) is 24.4 Å². The summed E-state index contributed by atoms with van der Waals surface area (Å²) < 4.78 is 1.89. The van der Waals surface area contributed by atoms with Crippen molar-refractivity contribution in [3.8, 4) is 5.82 Å². The third-order valence-electron chi connectivity index (χ3n) is 2.29. The maximum atomic E-state index is 5.98. The zero-order valence-electron chi connectivity index (χ0n) is 9.48. The van der Waals surface area contributed by atoms with Crippen molar-refractivity contribution in [1.82, 2.24) is 19.5 Å². The molecule has 0 saturated carbocycles. The number of hydrogen-bond acceptors (Lipinski definition) is 3. The standard InChI is InChI=1S/C11H13ClN4/c1-7(2)11-14-9(12)6-10(15-11)16-5-4-13-8(16)3/h4-7H,1-3H3. The molecule has 0 amide bonds. The molecule has 0 fully saturated rings. The topological polar surface area (TPSA) is 43.6 Å². The molecule has 4 nitrogen and oxygen atoms in total. The lowest BCUT2D eigenvalue weighted by molar-refractivity contribution is 0.759. The number of imidazole rings is 1. The molecule has 0 aromatic carbocycles. The summed E-state index contributed by atoms with van der Waals surface area (Å²) in [4.78, 5) is 12.8. The van der Waals surface area contributed by atoms with Gasteiger partial charge in [-0.3, -0.25) is 4.57 Å². The fourth-order valence-electron chi connectivity index (χ4n) is 1.42. The molecule has 2 aromatic heterocycles. The van der Waals surface area contributed by atoms with Crippen LogP contribution in [0.5, 0.6) is 0 Å². The van der Waals surface area contributed by atoms with Crippen LogP contribution in [0.25, 0.3) is 5.82 Å². The Hall–Kier alpha value is -1.42. The highest BCUT2D eigenvalue weighted by Gasteiger charge is 2.09. The molecule has 16 heavy (non-hydrogen) atoms. The molecule has 0 atom stereocenters. The Morgan fingerprint density at radius 1 is 1.31 bits per heavy atom. The second-order valence-corrected chi connectivity index (χ2v) is 4.29. The van der Waals surface area contributed by atoms with E-state index in [1.807, 2.05) is 31.5 Å². The van der Waals surface area contributed by atoms with Gasteiger partial charge in [0.1, 0.15) is 22.6 Å². The van der Waals surface area contributed by atoms with Crippen LogP contribution in [0.1, 0.15) is 31.4 Å². The van der Waals surface area contributed by atoms with Crippen molar-refractivity contribution in [3.63, 3.8) is 0 Å². The van der Waals surface area contributed by atoms with Crippen molar-refractivity contribution < 1.29 is 0 Å². The molecule has 0 radical (unpaired) electrons. The summed E-state index contributed by atoms with van der Waals surface area (Å²) in [7, 11) is 0. The molecule has 0 aliphatic rings. The summed E-state index contributed by atoms with van der Waals surface area (Å²) in [5.41, 5.74) is 0. The molecule has 0 aliphatic carbocycles. The number of rotatable bonds is 2. The van der Waals surface area contributed by atoms with E-state index in [2.05, 4.69) is 15.0 Å². The van der Waals surface area contributed by atoms with E-state index < -0.39 is 0 Å². The van der Waals surface area contributed by atoms with E-state index in [0.717, 1.165) is 17.5 Å². The number of nitrogens with zero attached hydrogens (tertiary/aromatic N) is 4. The van der Waals surface area contributed by atoms with Crippen LogP contribution in [0.4, 0.5) is 0 Å². The predicted octanol–water partition coefficient (Wildman–Crippen LogP) is 2.75. The van der Waals surface area contributed by atoms with Gasteiger partial charge in [-0.05, 0) is 6.92 Å². The van der Waals surface area contributed by atoms with Crippen molar-refractivity contribution in [1.29, 1.82) is 0 Å². The number of aryl methyl sites for hydroxylation is 1. The fraction of sp³-hybridized carbons (Fsp3) is 0.364. The summed E-state index contributed by atoms with van der Waals surface area (Å²) in [6.45, 7) is 6.00. The minimum absolute atomic E-state index is 0.251. The minimum Gasteiger partial charge on any atom is -0.288 e. The van der Waals surface area contributed by atoms with Gasteiger partial charge in [-0.2, -0.15) is 0 Å². The average Bonchev–Trinajstić information content (AvgIpc) is 2.63.